The van der Waals surface area contributed by atoms with Crippen LogP contribution in [0.3, 0.4) is 0 Å². The average Bonchev–Trinajstić information content (AvgIpc) is 3.07. The van der Waals surface area contributed by atoms with Gasteiger partial charge in [-0.2, -0.15) is 4.98 Å². The van der Waals surface area contributed by atoms with Gasteiger partial charge in [0.15, 0.2) is 22.6 Å². The van der Waals surface area contributed by atoms with E-state index >= 15 is 0 Å². The highest BCUT2D eigenvalue weighted by molar-refractivity contribution is 7.79. The first kappa shape index (κ1) is 17.4. The summed E-state index contributed by atoms with van der Waals surface area (Å²) in [6.07, 6.45) is 2.59. The van der Waals surface area contributed by atoms with Gasteiger partial charge in [-0.25, -0.2) is 8.60 Å². The fourth-order valence-corrected chi connectivity index (χ4v) is 3.66. The number of benzene rings is 1. The van der Waals surface area contributed by atoms with E-state index in [2.05, 4.69) is 14.3 Å². The molecule has 0 saturated heterocycles. The Morgan fingerprint density at radius 3 is 2.64 bits per heavy atom. The van der Waals surface area contributed by atoms with Gasteiger partial charge < -0.3 is 14.0 Å². The highest BCUT2D eigenvalue weighted by Crippen LogP contribution is 2.32. The summed E-state index contributed by atoms with van der Waals surface area (Å²) in [4.78, 5) is 7.87. The molecule has 1 aromatic carbocycles. The molecular weight excluding hydrogens is 369 g/mol. The second kappa shape index (κ2) is 7.64. The van der Waals surface area contributed by atoms with Gasteiger partial charge in [-0.3, -0.25) is 4.98 Å². The standard InChI is InChI=1S/C15H12FN3O4S2/c1-22-15-18-14(24-19-15)13(25(20)21)9-2-4-10(5-3-9)23-12-8-17-7-6-11(12)16/h2-8,13H,1H3,(H,20,21). The quantitative estimate of drug-likeness (QED) is 0.655. The van der Waals surface area contributed by atoms with E-state index in [-0.39, 0.29) is 11.8 Å². The molecule has 0 radical (unpaired) electrons. The second-order valence-electron chi connectivity index (χ2n) is 4.75. The highest BCUT2D eigenvalue weighted by atomic mass is 32.2. The van der Waals surface area contributed by atoms with Crippen LogP contribution < -0.4 is 9.47 Å². The van der Waals surface area contributed by atoms with Crippen LogP contribution in [0.4, 0.5) is 4.39 Å². The Hall–Kier alpha value is -2.43. The summed E-state index contributed by atoms with van der Waals surface area (Å²) < 4.78 is 49.2. The number of hydrogen-bond acceptors (Lipinski definition) is 7. The first-order chi connectivity index (χ1) is 12.1. The van der Waals surface area contributed by atoms with Crippen LogP contribution in [-0.4, -0.2) is 30.2 Å². The molecule has 0 aliphatic rings. The second-order valence-corrected chi connectivity index (χ2v) is 6.56. The van der Waals surface area contributed by atoms with Crippen molar-refractivity contribution in [1.82, 2.24) is 14.3 Å². The van der Waals surface area contributed by atoms with E-state index in [0.717, 1.165) is 11.5 Å². The average molecular weight is 381 g/mol. The van der Waals surface area contributed by atoms with E-state index in [0.29, 0.717) is 16.3 Å². The summed E-state index contributed by atoms with van der Waals surface area (Å²) in [5, 5.41) is -0.518. The van der Waals surface area contributed by atoms with Crippen molar-refractivity contribution in [1.29, 1.82) is 0 Å². The minimum absolute atomic E-state index is 0.00797. The predicted octanol–water partition coefficient (Wildman–Crippen LogP) is 3.18. The van der Waals surface area contributed by atoms with Crippen LogP contribution in [0.2, 0.25) is 0 Å². The van der Waals surface area contributed by atoms with Gasteiger partial charge in [0.1, 0.15) is 16.0 Å². The zero-order valence-electron chi connectivity index (χ0n) is 12.8. The van der Waals surface area contributed by atoms with Crippen LogP contribution in [0.1, 0.15) is 15.8 Å². The molecule has 25 heavy (non-hydrogen) atoms. The van der Waals surface area contributed by atoms with Crippen LogP contribution in [-0.2, 0) is 11.1 Å². The number of rotatable bonds is 6. The molecule has 2 atom stereocenters. The lowest BCUT2D eigenvalue weighted by Gasteiger charge is -2.11. The normalized spacial score (nSPS) is 13.2. The SMILES string of the molecule is COc1nsc(C(c2ccc(Oc3cnccc3F)cc2)S(=O)O)n1. The number of nitrogens with zero attached hydrogens (tertiary/aromatic N) is 3. The Balaban J connectivity index is 1.84. The van der Waals surface area contributed by atoms with Gasteiger partial charge in [0.25, 0.3) is 0 Å². The van der Waals surface area contributed by atoms with Crippen LogP contribution in [0.5, 0.6) is 17.5 Å². The number of hydrogen-bond donors (Lipinski definition) is 1. The molecule has 7 nitrogen and oxygen atoms in total. The Bertz CT molecular complexity index is 888. The molecule has 0 bridgehead atoms. The molecule has 3 aromatic rings. The van der Waals surface area contributed by atoms with Crippen molar-refractivity contribution in [3.05, 3.63) is 59.1 Å². The number of ether oxygens (including phenoxy) is 2. The third-order valence-electron chi connectivity index (χ3n) is 3.18. The predicted molar refractivity (Wildman–Crippen MR) is 89.8 cm³/mol. The molecule has 0 saturated carbocycles. The molecule has 1 N–H and O–H groups in total. The lowest BCUT2D eigenvalue weighted by atomic mass is 10.1. The van der Waals surface area contributed by atoms with Gasteiger partial charge in [-0.1, -0.05) is 12.1 Å². The summed E-state index contributed by atoms with van der Waals surface area (Å²) in [5.74, 6) is -0.172. The van der Waals surface area contributed by atoms with Gasteiger partial charge in [0, 0.05) is 6.20 Å². The Kier molecular flexibility index (Phi) is 5.31. The first-order valence-electron chi connectivity index (χ1n) is 6.93. The lowest BCUT2D eigenvalue weighted by Crippen LogP contribution is -2.07. The van der Waals surface area contributed by atoms with E-state index in [1.807, 2.05) is 0 Å². The van der Waals surface area contributed by atoms with Crippen LogP contribution in [0.15, 0.2) is 42.7 Å². The molecule has 3 rings (SSSR count). The summed E-state index contributed by atoms with van der Waals surface area (Å²) in [6.45, 7) is 0. The summed E-state index contributed by atoms with van der Waals surface area (Å²) in [7, 11) is 1.42. The highest BCUT2D eigenvalue weighted by Gasteiger charge is 2.25. The fourth-order valence-electron chi connectivity index (χ4n) is 2.03. The molecule has 0 aliphatic heterocycles. The molecular formula is C15H12FN3O4S2. The zero-order chi connectivity index (χ0) is 17.8. The van der Waals surface area contributed by atoms with Crippen LogP contribution >= 0.6 is 11.5 Å². The zero-order valence-corrected chi connectivity index (χ0v) is 14.5. The van der Waals surface area contributed by atoms with Crippen molar-refractivity contribution in [2.75, 3.05) is 7.11 Å². The first-order valence-corrected chi connectivity index (χ1v) is 8.87. The molecule has 0 aliphatic carbocycles. The molecule has 2 heterocycles. The maximum atomic E-state index is 13.6. The van der Waals surface area contributed by atoms with Gasteiger partial charge in [-0.15, -0.1) is 4.37 Å². The lowest BCUT2D eigenvalue weighted by molar-refractivity contribution is 0.385. The van der Waals surface area contributed by atoms with E-state index in [1.165, 1.54) is 25.6 Å². The fraction of sp³-hybridized carbons (Fsp3) is 0.133. The van der Waals surface area contributed by atoms with Crippen molar-refractivity contribution >= 4 is 22.6 Å². The third kappa shape index (κ3) is 3.98. The van der Waals surface area contributed by atoms with Crippen molar-refractivity contribution < 1.29 is 22.6 Å². The van der Waals surface area contributed by atoms with E-state index in [1.54, 1.807) is 24.3 Å². The largest absolute Gasteiger partial charge is 0.466 e. The summed E-state index contributed by atoms with van der Waals surface area (Å²) >= 11 is -1.21. The van der Waals surface area contributed by atoms with Crippen molar-refractivity contribution in [3.63, 3.8) is 0 Å². The Morgan fingerprint density at radius 1 is 1.28 bits per heavy atom. The van der Waals surface area contributed by atoms with Crippen molar-refractivity contribution in [2.45, 2.75) is 5.25 Å². The monoisotopic (exact) mass is 381 g/mol. The molecule has 130 valence electrons. The number of pyridine rings is 1. The van der Waals surface area contributed by atoms with E-state index in [4.69, 9.17) is 9.47 Å². The molecule has 10 heteroatoms. The van der Waals surface area contributed by atoms with Crippen molar-refractivity contribution in [2.24, 2.45) is 0 Å². The van der Waals surface area contributed by atoms with Crippen LogP contribution in [0, 0.1) is 5.82 Å². The summed E-state index contributed by atoms with van der Waals surface area (Å²) in [6, 6.07) is 7.69. The molecule has 0 fully saturated rings. The van der Waals surface area contributed by atoms with Crippen LogP contribution in [0.25, 0.3) is 0 Å². The van der Waals surface area contributed by atoms with Gasteiger partial charge in [0.05, 0.1) is 13.3 Å². The van der Waals surface area contributed by atoms with E-state index < -0.39 is 22.1 Å². The Labute approximate surface area is 148 Å². The minimum Gasteiger partial charge on any atom is -0.466 e. The smallest absolute Gasteiger partial charge is 0.328 e. The maximum absolute atomic E-state index is 13.6. The molecule has 0 spiro atoms. The van der Waals surface area contributed by atoms with Gasteiger partial charge in [-0.05, 0) is 35.3 Å². The number of halogens is 1. The number of methoxy groups -OCH3 is 1. The third-order valence-corrected chi connectivity index (χ3v) is 4.99. The molecule has 0 amide bonds. The van der Waals surface area contributed by atoms with E-state index in [9.17, 15) is 13.2 Å². The maximum Gasteiger partial charge on any atom is 0.328 e. The van der Waals surface area contributed by atoms with Gasteiger partial charge in [0.2, 0.25) is 0 Å². The minimum atomic E-state index is -2.20. The molecule has 2 unspecified atom stereocenters. The summed E-state index contributed by atoms with van der Waals surface area (Å²) in [5.41, 5.74) is 0.540. The number of aromatic nitrogens is 3. The topological polar surface area (TPSA) is 94.4 Å². The molecule has 2 aromatic heterocycles. The Morgan fingerprint density at radius 2 is 2.04 bits per heavy atom. The van der Waals surface area contributed by atoms with Gasteiger partial charge >= 0.3 is 6.01 Å². The van der Waals surface area contributed by atoms with Crippen molar-refractivity contribution in [3.8, 4) is 17.5 Å².